The second-order valence-electron chi connectivity index (χ2n) is 8.91. The van der Waals surface area contributed by atoms with Gasteiger partial charge < -0.3 is 19.9 Å². The molecule has 0 aromatic heterocycles. The zero-order chi connectivity index (χ0) is 24.1. The Morgan fingerprint density at radius 1 is 1.15 bits per heavy atom. The molecule has 2 fully saturated rings. The summed E-state index contributed by atoms with van der Waals surface area (Å²) in [6.45, 7) is 1.20. The van der Waals surface area contributed by atoms with Crippen molar-refractivity contribution in [3.05, 3.63) is 70.2 Å². The van der Waals surface area contributed by atoms with Crippen molar-refractivity contribution in [2.45, 2.75) is 56.7 Å². The van der Waals surface area contributed by atoms with Gasteiger partial charge in [-0.15, -0.1) is 0 Å². The van der Waals surface area contributed by atoms with Crippen molar-refractivity contribution in [3.63, 3.8) is 0 Å². The number of fused-ring (bicyclic) bond motifs is 1. The highest BCUT2D eigenvalue weighted by atomic mass is 35.5. The van der Waals surface area contributed by atoms with E-state index in [1.165, 1.54) is 6.07 Å². The maximum absolute atomic E-state index is 14.3. The topological polar surface area (TPSA) is 71.0 Å². The van der Waals surface area contributed by atoms with E-state index in [4.69, 9.17) is 21.1 Å². The molecule has 2 aliphatic heterocycles. The van der Waals surface area contributed by atoms with E-state index < -0.39 is 17.7 Å². The SMILES string of the molecule is O=C(C[C@@H]1CC[C@@H]2[C@H](COC[C@@H](O)CN2Cc2cc(F)ccc2F)O1)NCc1ccc(Cl)cc1. The summed E-state index contributed by atoms with van der Waals surface area (Å²) in [5.41, 5.74) is 1.19. The van der Waals surface area contributed by atoms with Gasteiger partial charge in [0.05, 0.1) is 37.9 Å². The van der Waals surface area contributed by atoms with Crippen LogP contribution in [-0.4, -0.2) is 60.0 Å². The number of aliphatic hydroxyl groups excluding tert-OH is 1. The minimum atomic E-state index is -0.742. The minimum absolute atomic E-state index is 0.112. The fraction of sp³-hybridized carbons (Fsp3) is 0.480. The van der Waals surface area contributed by atoms with E-state index in [1.54, 1.807) is 12.1 Å². The van der Waals surface area contributed by atoms with Crippen LogP contribution in [0.3, 0.4) is 0 Å². The summed E-state index contributed by atoms with van der Waals surface area (Å²) < 4.78 is 39.8. The predicted molar refractivity (Wildman–Crippen MR) is 123 cm³/mol. The molecule has 34 heavy (non-hydrogen) atoms. The number of carbonyl (C=O) groups excluding carboxylic acids is 1. The molecule has 2 aromatic rings. The first-order valence-corrected chi connectivity index (χ1v) is 11.9. The molecular formula is C25H29ClF2N2O4. The van der Waals surface area contributed by atoms with E-state index in [-0.39, 0.29) is 62.4 Å². The van der Waals surface area contributed by atoms with Gasteiger partial charge in [0.1, 0.15) is 11.6 Å². The van der Waals surface area contributed by atoms with E-state index in [1.807, 2.05) is 17.0 Å². The number of amides is 1. The minimum Gasteiger partial charge on any atom is -0.389 e. The summed E-state index contributed by atoms with van der Waals surface area (Å²) in [5, 5.41) is 13.8. The van der Waals surface area contributed by atoms with Crippen molar-refractivity contribution < 1.29 is 28.2 Å². The maximum atomic E-state index is 14.3. The van der Waals surface area contributed by atoms with Crippen LogP contribution in [0.25, 0.3) is 0 Å². The smallest absolute Gasteiger partial charge is 0.222 e. The van der Waals surface area contributed by atoms with Crippen molar-refractivity contribution in [2.24, 2.45) is 0 Å². The first-order chi connectivity index (χ1) is 16.4. The number of nitrogens with one attached hydrogen (secondary N) is 1. The molecule has 0 spiro atoms. The number of hydrogen-bond acceptors (Lipinski definition) is 5. The number of halogens is 3. The monoisotopic (exact) mass is 494 g/mol. The molecule has 4 rings (SSSR count). The largest absolute Gasteiger partial charge is 0.389 e. The Kier molecular flexibility index (Phi) is 8.50. The van der Waals surface area contributed by atoms with Crippen LogP contribution in [0.4, 0.5) is 8.78 Å². The average molecular weight is 495 g/mol. The lowest BCUT2D eigenvalue weighted by atomic mass is 9.94. The fourth-order valence-electron chi connectivity index (χ4n) is 4.59. The van der Waals surface area contributed by atoms with E-state index in [2.05, 4.69) is 5.32 Å². The molecule has 2 aromatic carbocycles. The standard InChI is InChI=1S/C25H29ClF2N2O4/c26-18-3-1-16(2-4-18)11-29-25(32)10-21-6-8-23-24(34-21)15-33-14-20(31)13-30(23)12-17-9-19(27)5-7-22(17)28/h1-5,7,9,20-21,23-24,31H,6,8,10-15H2,(H,29,32)/t20-,21-,23+,24-/m0/s1. The molecule has 4 atom stereocenters. The lowest BCUT2D eigenvalue weighted by Gasteiger charge is -2.44. The van der Waals surface area contributed by atoms with Gasteiger partial charge in [0.25, 0.3) is 0 Å². The number of rotatable bonds is 6. The Bertz CT molecular complexity index is 978. The normalized spacial score (nSPS) is 25.8. The second-order valence-corrected chi connectivity index (χ2v) is 9.34. The highest BCUT2D eigenvalue weighted by Crippen LogP contribution is 2.29. The number of β-amino-alcohol motifs (C(OH)–C–C–N with tert-alkyl or cyclic N) is 1. The van der Waals surface area contributed by atoms with Crippen LogP contribution in [-0.2, 0) is 27.4 Å². The van der Waals surface area contributed by atoms with Crippen LogP contribution < -0.4 is 5.32 Å². The highest BCUT2D eigenvalue weighted by Gasteiger charge is 2.38. The van der Waals surface area contributed by atoms with Crippen molar-refractivity contribution in [3.8, 4) is 0 Å². The van der Waals surface area contributed by atoms with E-state index in [0.717, 1.165) is 17.7 Å². The zero-order valence-corrected chi connectivity index (χ0v) is 19.5. The molecule has 0 aliphatic carbocycles. The number of carbonyl (C=O) groups is 1. The summed E-state index contributed by atoms with van der Waals surface area (Å²) in [6, 6.07) is 10.5. The van der Waals surface area contributed by atoms with Gasteiger partial charge in [0.2, 0.25) is 5.91 Å². The molecule has 0 bridgehead atoms. The molecule has 2 N–H and O–H groups in total. The van der Waals surface area contributed by atoms with Gasteiger partial charge in [-0.2, -0.15) is 0 Å². The van der Waals surface area contributed by atoms with Gasteiger partial charge in [-0.25, -0.2) is 8.78 Å². The summed E-state index contributed by atoms with van der Waals surface area (Å²) >= 11 is 5.89. The summed E-state index contributed by atoms with van der Waals surface area (Å²) in [6.07, 6.45) is 0.187. The van der Waals surface area contributed by atoms with Crippen molar-refractivity contribution in [1.29, 1.82) is 0 Å². The first-order valence-electron chi connectivity index (χ1n) is 11.5. The van der Waals surface area contributed by atoms with Crippen LogP contribution in [0.1, 0.15) is 30.4 Å². The Morgan fingerprint density at radius 2 is 1.94 bits per heavy atom. The number of benzene rings is 2. The number of ether oxygens (including phenoxy) is 2. The summed E-state index contributed by atoms with van der Waals surface area (Å²) in [7, 11) is 0. The maximum Gasteiger partial charge on any atom is 0.222 e. The molecule has 2 aliphatic rings. The molecule has 9 heteroatoms. The Balaban J connectivity index is 1.36. The molecule has 0 radical (unpaired) electrons. The van der Waals surface area contributed by atoms with Crippen molar-refractivity contribution >= 4 is 17.5 Å². The Hall–Kier alpha value is -2.10. The van der Waals surface area contributed by atoms with Gasteiger partial charge in [-0.1, -0.05) is 23.7 Å². The fourth-order valence-corrected chi connectivity index (χ4v) is 4.72. The summed E-state index contributed by atoms with van der Waals surface area (Å²) in [5.74, 6) is -1.11. The molecule has 1 amide bonds. The van der Waals surface area contributed by atoms with Crippen LogP contribution in [0.5, 0.6) is 0 Å². The molecular weight excluding hydrogens is 466 g/mol. The third kappa shape index (κ3) is 6.73. The molecule has 2 saturated heterocycles. The highest BCUT2D eigenvalue weighted by molar-refractivity contribution is 6.30. The Morgan fingerprint density at radius 3 is 2.74 bits per heavy atom. The van der Waals surface area contributed by atoms with Crippen LogP contribution in [0, 0.1) is 11.6 Å². The van der Waals surface area contributed by atoms with Crippen LogP contribution in [0.15, 0.2) is 42.5 Å². The van der Waals surface area contributed by atoms with Gasteiger partial charge in [-0.3, -0.25) is 9.69 Å². The quantitative estimate of drug-likeness (QED) is 0.644. The van der Waals surface area contributed by atoms with Gasteiger partial charge in [0, 0.05) is 36.3 Å². The molecule has 0 unspecified atom stereocenters. The van der Waals surface area contributed by atoms with Crippen LogP contribution in [0.2, 0.25) is 5.02 Å². The molecule has 2 heterocycles. The average Bonchev–Trinajstić information content (AvgIpc) is 2.80. The van der Waals surface area contributed by atoms with Gasteiger partial charge in [0.15, 0.2) is 0 Å². The molecule has 184 valence electrons. The van der Waals surface area contributed by atoms with Crippen molar-refractivity contribution in [1.82, 2.24) is 10.2 Å². The van der Waals surface area contributed by atoms with E-state index in [0.29, 0.717) is 24.4 Å². The van der Waals surface area contributed by atoms with Crippen LogP contribution >= 0.6 is 11.6 Å². The van der Waals surface area contributed by atoms with E-state index in [9.17, 15) is 18.7 Å². The number of nitrogens with zero attached hydrogens (tertiary/aromatic N) is 1. The Labute approximate surface area is 202 Å². The molecule has 0 saturated carbocycles. The lowest BCUT2D eigenvalue weighted by molar-refractivity contribution is -0.158. The van der Waals surface area contributed by atoms with Crippen molar-refractivity contribution in [2.75, 3.05) is 19.8 Å². The number of aliphatic hydroxyl groups is 1. The van der Waals surface area contributed by atoms with E-state index >= 15 is 0 Å². The third-order valence-electron chi connectivity index (χ3n) is 6.28. The zero-order valence-electron chi connectivity index (χ0n) is 18.8. The second kappa shape index (κ2) is 11.6. The number of hydrogen-bond donors (Lipinski definition) is 2. The lowest BCUT2D eigenvalue weighted by Crippen LogP contribution is -2.55. The molecule has 6 nitrogen and oxygen atoms in total. The van der Waals surface area contributed by atoms with Gasteiger partial charge >= 0.3 is 0 Å². The third-order valence-corrected chi connectivity index (χ3v) is 6.54. The predicted octanol–water partition coefficient (Wildman–Crippen LogP) is 3.43. The van der Waals surface area contributed by atoms with Gasteiger partial charge in [-0.05, 0) is 48.7 Å². The summed E-state index contributed by atoms with van der Waals surface area (Å²) in [4.78, 5) is 14.4. The first kappa shape index (κ1) is 25.0.